The second-order valence-corrected chi connectivity index (χ2v) is 6.20. The van der Waals surface area contributed by atoms with Crippen LogP contribution in [0.15, 0.2) is 30.3 Å². The molecular formula is C18H28N2O4. The maximum absolute atomic E-state index is 10.5. The number of aliphatic carboxylic acids is 2. The Kier molecular flexibility index (Phi) is 9.04. The zero-order valence-corrected chi connectivity index (χ0v) is 14.1. The van der Waals surface area contributed by atoms with E-state index in [0.29, 0.717) is 12.5 Å². The van der Waals surface area contributed by atoms with Gasteiger partial charge in [-0.25, -0.2) is 0 Å². The first kappa shape index (κ1) is 20.1. The summed E-state index contributed by atoms with van der Waals surface area (Å²) < 4.78 is 0. The highest BCUT2D eigenvalue weighted by Crippen LogP contribution is 2.17. The Bertz CT molecular complexity index is 501. The molecule has 0 saturated heterocycles. The van der Waals surface area contributed by atoms with E-state index >= 15 is 0 Å². The molecule has 0 amide bonds. The van der Waals surface area contributed by atoms with Crippen LogP contribution in [0.4, 0.5) is 0 Å². The molecule has 1 aromatic carbocycles. The Hall–Kier alpha value is -1.92. The molecule has 2 rings (SSSR count). The Morgan fingerprint density at radius 2 is 1.71 bits per heavy atom. The number of benzene rings is 1. The highest BCUT2D eigenvalue weighted by atomic mass is 16.4. The smallest absolute Gasteiger partial charge is 0.320 e. The van der Waals surface area contributed by atoms with Gasteiger partial charge in [-0.2, -0.15) is 0 Å². The number of hydrogen-bond acceptors (Lipinski definition) is 4. The summed E-state index contributed by atoms with van der Waals surface area (Å²) in [6.07, 6.45) is 6.44. The molecule has 1 saturated carbocycles. The number of carboxylic acid groups (broad SMARTS) is 2. The molecule has 0 aromatic heterocycles. The molecule has 2 atom stereocenters. The fourth-order valence-electron chi connectivity index (χ4n) is 2.65. The molecule has 1 aromatic rings. The van der Waals surface area contributed by atoms with Gasteiger partial charge in [0, 0.05) is 6.04 Å². The molecule has 0 unspecified atom stereocenters. The maximum atomic E-state index is 10.5. The van der Waals surface area contributed by atoms with Gasteiger partial charge in [-0.05, 0) is 31.7 Å². The van der Waals surface area contributed by atoms with Crippen molar-refractivity contribution in [3.05, 3.63) is 35.9 Å². The van der Waals surface area contributed by atoms with E-state index in [4.69, 9.17) is 15.9 Å². The lowest BCUT2D eigenvalue weighted by atomic mass is 9.95. The second kappa shape index (κ2) is 10.8. The first-order valence-corrected chi connectivity index (χ1v) is 8.41. The van der Waals surface area contributed by atoms with Crippen molar-refractivity contribution in [2.24, 2.45) is 5.73 Å². The molecule has 5 N–H and O–H groups in total. The topological polar surface area (TPSA) is 113 Å². The Morgan fingerprint density at radius 3 is 2.21 bits per heavy atom. The fourth-order valence-corrected chi connectivity index (χ4v) is 2.65. The van der Waals surface area contributed by atoms with Crippen LogP contribution in [0.1, 0.15) is 44.6 Å². The average Bonchev–Trinajstić information content (AvgIpc) is 2.57. The molecule has 0 spiro atoms. The van der Waals surface area contributed by atoms with Crippen LogP contribution in [-0.4, -0.2) is 40.3 Å². The number of carbonyl (C=O) groups is 2. The van der Waals surface area contributed by atoms with Crippen LogP contribution in [0, 0.1) is 0 Å². The molecular weight excluding hydrogens is 308 g/mol. The number of carboxylic acids is 2. The average molecular weight is 336 g/mol. The Balaban J connectivity index is 0.000000240. The quantitative estimate of drug-likeness (QED) is 0.632. The molecule has 1 aliphatic rings. The summed E-state index contributed by atoms with van der Waals surface area (Å²) in [6.45, 7) is 1.71. The summed E-state index contributed by atoms with van der Waals surface area (Å²) in [5, 5.41) is 20.3. The van der Waals surface area contributed by atoms with E-state index in [9.17, 15) is 9.59 Å². The maximum Gasteiger partial charge on any atom is 0.320 e. The third-order valence-electron chi connectivity index (χ3n) is 4.08. The fraction of sp³-hybridized carbons (Fsp3) is 0.556. The third-order valence-corrected chi connectivity index (χ3v) is 4.08. The van der Waals surface area contributed by atoms with Crippen molar-refractivity contribution in [2.45, 2.75) is 63.6 Å². The lowest BCUT2D eigenvalue weighted by Gasteiger charge is -2.24. The van der Waals surface area contributed by atoms with E-state index in [1.807, 2.05) is 30.3 Å². The van der Waals surface area contributed by atoms with Crippen molar-refractivity contribution in [1.82, 2.24) is 5.32 Å². The Labute approximate surface area is 143 Å². The van der Waals surface area contributed by atoms with Crippen LogP contribution >= 0.6 is 0 Å². The van der Waals surface area contributed by atoms with Gasteiger partial charge in [-0.1, -0.05) is 49.6 Å². The summed E-state index contributed by atoms with van der Waals surface area (Å²) in [7, 11) is 0. The minimum Gasteiger partial charge on any atom is -0.480 e. The number of nitrogens with two attached hydrogens (primary N) is 1. The van der Waals surface area contributed by atoms with Crippen LogP contribution in [-0.2, 0) is 16.0 Å². The number of hydrogen-bond donors (Lipinski definition) is 4. The van der Waals surface area contributed by atoms with Crippen LogP contribution in [0.3, 0.4) is 0 Å². The molecule has 6 heteroatoms. The van der Waals surface area contributed by atoms with Crippen LogP contribution in [0.25, 0.3) is 0 Å². The first-order chi connectivity index (χ1) is 11.4. The van der Waals surface area contributed by atoms with E-state index < -0.39 is 24.0 Å². The van der Waals surface area contributed by atoms with Gasteiger partial charge in [-0.15, -0.1) is 0 Å². The zero-order chi connectivity index (χ0) is 17.9. The van der Waals surface area contributed by atoms with E-state index in [1.54, 1.807) is 6.92 Å². The van der Waals surface area contributed by atoms with Crippen molar-refractivity contribution in [2.75, 3.05) is 0 Å². The SMILES string of the molecule is C[C@H](NC1CCCCC1)C(=O)O.N[C@@H](Cc1ccccc1)C(=O)O. The molecule has 24 heavy (non-hydrogen) atoms. The largest absolute Gasteiger partial charge is 0.480 e. The zero-order valence-electron chi connectivity index (χ0n) is 14.1. The van der Waals surface area contributed by atoms with Crippen molar-refractivity contribution in [1.29, 1.82) is 0 Å². The normalized spacial score (nSPS) is 17.2. The van der Waals surface area contributed by atoms with Gasteiger partial charge < -0.3 is 21.3 Å². The number of rotatable bonds is 6. The molecule has 0 heterocycles. The molecule has 0 aliphatic heterocycles. The van der Waals surface area contributed by atoms with Crippen molar-refractivity contribution >= 4 is 11.9 Å². The third kappa shape index (κ3) is 8.08. The number of nitrogens with one attached hydrogen (secondary N) is 1. The molecule has 0 radical (unpaired) electrons. The van der Waals surface area contributed by atoms with Gasteiger partial charge >= 0.3 is 11.9 Å². The standard InChI is InChI=1S/C9H17NO2.C9H11NO2/c1-7(9(11)12)10-8-5-3-2-4-6-8;10-8(9(11)12)6-7-4-2-1-3-5-7/h7-8,10H,2-6H2,1H3,(H,11,12);1-5,8H,6,10H2,(H,11,12)/t7-;8-/m00/s1. The summed E-state index contributed by atoms with van der Waals surface area (Å²) >= 11 is 0. The van der Waals surface area contributed by atoms with Crippen molar-refractivity contribution in [3.63, 3.8) is 0 Å². The highest BCUT2D eigenvalue weighted by Gasteiger charge is 2.18. The van der Waals surface area contributed by atoms with E-state index in [2.05, 4.69) is 5.32 Å². The van der Waals surface area contributed by atoms with Gasteiger partial charge in [0.1, 0.15) is 12.1 Å². The van der Waals surface area contributed by atoms with Gasteiger partial charge in [-0.3, -0.25) is 9.59 Å². The van der Waals surface area contributed by atoms with Gasteiger partial charge in [0.15, 0.2) is 0 Å². The van der Waals surface area contributed by atoms with Crippen molar-refractivity contribution < 1.29 is 19.8 Å². The molecule has 134 valence electrons. The minimum atomic E-state index is -0.959. The highest BCUT2D eigenvalue weighted by molar-refractivity contribution is 5.73. The first-order valence-electron chi connectivity index (χ1n) is 8.41. The molecule has 1 fully saturated rings. The second-order valence-electron chi connectivity index (χ2n) is 6.20. The van der Waals surface area contributed by atoms with Gasteiger partial charge in [0.25, 0.3) is 0 Å². The van der Waals surface area contributed by atoms with Gasteiger partial charge in [0.2, 0.25) is 0 Å². The minimum absolute atomic E-state index is 0.385. The van der Waals surface area contributed by atoms with E-state index in [0.717, 1.165) is 18.4 Å². The van der Waals surface area contributed by atoms with Crippen LogP contribution < -0.4 is 11.1 Å². The molecule has 1 aliphatic carbocycles. The van der Waals surface area contributed by atoms with Crippen LogP contribution in [0.5, 0.6) is 0 Å². The monoisotopic (exact) mass is 336 g/mol. The lowest BCUT2D eigenvalue weighted by Crippen LogP contribution is -2.42. The van der Waals surface area contributed by atoms with Crippen molar-refractivity contribution in [3.8, 4) is 0 Å². The molecule has 6 nitrogen and oxygen atoms in total. The Morgan fingerprint density at radius 1 is 1.12 bits per heavy atom. The van der Waals surface area contributed by atoms with E-state index in [1.165, 1.54) is 19.3 Å². The summed E-state index contributed by atoms with van der Waals surface area (Å²) in [6, 6.07) is 8.58. The molecule has 0 bridgehead atoms. The summed E-state index contributed by atoms with van der Waals surface area (Å²) in [5.41, 5.74) is 6.30. The summed E-state index contributed by atoms with van der Waals surface area (Å²) in [5.74, 6) is -1.71. The summed E-state index contributed by atoms with van der Waals surface area (Å²) in [4.78, 5) is 20.9. The van der Waals surface area contributed by atoms with Gasteiger partial charge in [0.05, 0.1) is 0 Å². The van der Waals surface area contributed by atoms with E-state index in [-0.39, 0.29) is 0 Å². The lowest BCUT2D eigenvalue weighted by molar-refractivity contribution is -0.139. The van der Waals surface area contributed by atoms with Crippen LogP contribution in [0.2, 0.25) is 0 Å². The predicted molar refractivity (Wildman–Crippen MR) is 92.9 cm³/mol. The predicted octanol–water partition coefficient (Wildman–Crippen LogP) is 2.02.